The van der Waals surface area contributed by atoms with Crippen molar-refractivity contribution in [3.63, 3.8) is 0 Å². The molecular weight excluding hydrogens is 344 g/mol. The molecular formula is C20H30N4O3. The number of nitrogens with one attached hydrogen (secondary N) is 2. The van der Waals surface area contributed by atoms with E-state index in [4.69, 9.17) is 10.5 Å². The summed E-state index contributed by atoms with van der Waals surface area (Å²) < 4.78 is 5.29. The minimum absolute atomic E-state index is 0.0243. The molecule has 1 saturated carbocycles. The van der Waals surface area contributed by atoms with E-state index in [9.17, 15) is 9.59 Å². The lowest BCUT2D eigenvalue weighted by molar-refractivity contribution is -0.123. The summed E-state index contributed by atoms with van der Waals surface area (Å²) in [4.78, 5) is 26.8. The van der Waals surface area contributed by atoms with Crippen molar-refractivity contribution in [2.24, 2.45) is 11.7 Å². The summed E-state index contributed by atoms with van der Waals surface area (Å²) in [5, 5.41) is 5.85. The number of nitrogens with zero attached hydrogens (tertiary/aromatic N) is 1. The third-order valence-electron chi connectivity index (χ3n) is 5.48. The van der Waals surface area contributed by atoms with Gasteiger partial charge in [-0.3, -0.25) is 14.5 Å². The zero-order valence-corrected chi connectivity index (χ0v) is 16.0. The van der Waals surface area contributed by atoms with Gasteiger partial charge in [0.05, 0.1) is 25.7 Å². The standard InChI is InChI=1S/C20H30N4O3/c1-20(21)9-3-2-4-17(20)19(26)23-16-7-5-15(6-8-16)22-18(25)14-24-10-12-27-13-11-24/h5-8,17H,2-4,9-14,21H2,1H3,(H,22,25)(H,23,26). The van der Waals surface area contributed by atoms with Crippen LogP contribution in [-0.4, -0.2) is 55.1 Å². The fourth-order valence-electron chi connectivity index (χ4n) is 3.82. The number of benzene rings is 1. The van der Waals surface area contributed by atoms with Gasteiger partial charge in [-0.05, 0) is 44.0 Å². The molecule has 2 fully saturated rings. The zero-order chi connectivity index (χ0) is 19.3. The van der Waals surface area contributed by atoms with Crippen LogP contribution < -0.4 is 16.4 Å². The number of morpholine rings is 1. The van der Waals surface area contributed by atoms with Crippen LogP contribution in [0.4, 0.5) is 11.4 Å². The molecule has 1 heterocycles. The number of nitrogens with two attached hydrogens (primary N) is 1. The molecule has 148 valence electrons. The van der Waals surface area contributed by atoms with Crippen LogP contribution in [0.5, 0.6) is 0 Å². The number of hydrogen-bond donors (Lipinski definition) is 3. The first kappa shape index (κ1) is 19.8. The smallest absolute Gasteiger partial charge is 0.238 e. The number of ether oxygens (including phenoxy) is 1. The SMILES string of the molecule is CC1(N)CCCCC1C(=O)Nc1ccc(NC(=O)CN2CCOCC2)cc1. The number of carbonyl (C=O) groups is 2. The van der Waals surface area contributed by atoms with Gasteiger partial charge in [0, 0.05) is 30.0 Å². The summed E-state index contributed by atoms with van der Waals surface area (Å²) in [7, 11) is 0. The summed E-state index contributed by atoms with van der Waals surface area (Å²) in [6.45, 7) is 5.22. The van der Waals surface area contributed by atoms with Gasteiger partial charge in [0.15, 0.2) is 0 Å². The van der Waals surface area contributed by atoms with Crippen molar-refractivity contribution in [1.82, 2.24) is 4.90 Å². The van der Waals surface area contributed by atoms with Crippen LogP contribution in [0.25, 0.3) is 0 Å². The Morgan fingerprint density at radius 2 is 1.78 bits per heavy atom. The topological polar surface area (TPSA) is 96.7 Å². The fraction of sp³-hybridized carbons (Fsp3) is 0.600. The van der Waals surface area contributed by atoms with E-state index in [2.05, 4.69) is 15.5 Å². The third kappa shape index (κ3) is 5.51. The van der Waals surface area contributed by atoms with Gasteiger partial charge in [0.25, 0.3) is 0 Å². The molecule has 1 aliphatic heterocycles. The van der Waals surface area contributed by atoms with Crippen molar-refractivity contribution >= 4 is 23.2 Å². The normalized spacial score (nSPS) is 26.4. The van der Waals surface area contributed by atoms with Gasteiger partial charge in [-0.2, -0.15) is 0 Å². The summed E-state index contributed by atoms with van der Waals surface area (Å²) in [5.74, 6) is -0.238. The molecule has 3 rings (SSSR count). The molecule has 0 bridgehead atoms. The summed E-state index contributed by atoms with van der Waals surface area (Å²) >= 11 is 0. The van der Waals surface area contributed by atoms with E-state index >= 15 is 0 Å². The predicted molar refractivity (Wildman–Crippen MR) is 106 cm³/mol. The number of amides is 2. The highest BCUT2D eigenvalue weighted by atomic mass is 16.5. The lowest BCUT2D eigenvalue weighted by Crippen LogP contribution is -2.51. The van der Waals surface area contributed by atoms with Crippen molar-refractivity contribution in [3.05, 3.63) is 24.3 Å². The highest BCUT2D eigenvalue weighted by Gasteiger charge is 2.37. The molecule has 4 N–H and O–H groups in total. The molecule has 1 aliphatic carbocycles. The first-order chi connectivity index (χ1) is 12.9. The van der Waals surface area contributed by atoms with E-state index in [0.717, 1.165) is 38.8 Å². The Balaban J connectivity index is 1.50. The maximum absolute atomic E-state index is 12.6. The van der Waals surface area contributed by atoms with Gasteiger partial charge in [0.1, 0.15) is 0 Å². The molecule has 0 aromatic heterocycles. The Morgan fingerprint density at radius 1 is 1.15 bits per heavy atom. The molecule has 0 radical (unpaired) electrons. The number of carbonyl (C=O) groups excluding carboxylic acids is 2. The third-order valence-corrected chi connectivity index (χ3v) is 5.48. The molecule has 2 unspecified atom stereocenters. The van der Waals surface area contributed by atoms with Gasteiger partial charge in [-0.1, -0.05) is 12.8 Å². The van der Waals surface area contributed by atoms with E-state index in [0.29, 0.717) is 31.1 Å². The van der Waals surface area contributed by atoms with Crippen LogP contribution in [0, 0.1) is 5.92 Å². The van der Waals surface area contributed by atoms with Gasteiger partial charge >= 0.3 is 0 Å². The van der Waals surface area contributed by atoms with E-state index in [-0.39, 0.29) is 17.7 Å². The summed E-state index contributed by atoms with van der Waals surface area (Å²) in [6.07, 6.45) is 3.82. The Bertz CT molecular complexity index is 654. The van der Waals surface area contributed by atoms with Crippen molar-refractivity contribution in [3.8, 4) is 0 Å². The number of anilines is 2. The van der Waals surface area contributed by atoms with E-state index in [1.54, 1.807) is 24.3 Å². The Morgan fingerprint density at radius 3 is 2.41 bits per heavy atom. The van der Waals surface area contributed by atoms with Gasteiger partial charge in [-0.25, -0.2) is 0 Å². The average Bonchev–Trinajstić information content (AvgIpc) is 2.63. The minimum atomic E-state index is -0.449. The van der Waals surface area contributed by atoms with Crippen LogP contribution in [0.1, 0.15) is 32.6 Å². The highest BCUT2D eigenvalue weighted by molar-refractivity contribution is 5.95. The first-order valence-electron chi connectivity index (χ1n) is 9.74. The van der Waals surface area contributed by atoms with Crippen molar-refractivity contribution in [2.75, 3.05) is 43.5 Å². The van der Waals surface area contributed by atoms with Crippen LogP contribution in [0.15, 0.2) is 24.3 Å². The molecule has 2 amide bonds. The second-order valence-electron chi connectivity index (χ2n) is 7.81. The Kier molecular flexibility index (Phi) is 6.46. The molecule has 1 aromatic rings. The first-order valence-corrected chi connectivity index (χ1v) is 9.74. The molecule has 1 saturated heterocycles. The van der Waals surface area contributed by atoms with Gasteiger partial charge in [-0.15, -0.1) is 0 Å². The van der Waals surface area contributed by atoms with Crippen molar-refractivity contribution < 1.29 is 14.3 Å². The molecule has 7 nitrogen and oxygen atoms in total. The Labute approximate surface area is 160 Å². The lowest BCUT2D eigenvalue weighted by Gasteiger charge is -2.37. The summed E-state index contributed by atoms with van der Waals surface area (Å²) in [6, 6.07) is 7.21. The molecule has 2 atom stereocenters. The molecule has 1 aromatic carbocycles. The van der Waals surface area contributed by atoms with Gasteiger partial charge in [0.2, 0.25) is 11.8 Å². The second-order valence-corrected chi connectivity index (χ2v) is 7.81. The maximum atomic E-state index is 12.6. The lowest BCUT2D eigenvalue weighted by atomic mass is 9.74. The van der Waals surface area contributed by atoms with Crippen molar-refractivity contribution in [1.29, 1.82) is 0 Å². The van der Waals surface area contributed by atoms with E-state index in [1.807, 2.05) is 6.92 Å². The summed E-state index contributed by atoms with van der Waals surface area (Å²) in [5.41, 5.74) is 7.29. The maximum Gasteiger partial charge on any atom is 0.238 e. The molecule has 7 heteroatoms. The quantitative estimate of drug-likeness (QED) is 0.730. The largest absolute Gasteiger partial charge is 0.379 e. The highest BCUT2D eigenvalue weighted by Crippen LogP contribution is 2.32. The number of rotatable bonds is 5. The fourth-order valence-corrected chi connectivity index (χ4v) is 3.82. The van der Waals surface area contributed by atoms with Crippen LogP contribution in [-0.2, 0) is 14.3 Å². The van der Waals surface area contributed by atoms with Gasteiger partial charge < -0.3 is 21.1 Å². The van der Waals surface area contributed by atoms with Crippen LogP contribution in [0.3, 0.4) is 0 Å². The Hall–Kier alpha value is -1.96. The van der Waals surface area contributed by atoms with Crippen LogP contribution in [0.2, 0.25) is 0 Å². The van der Waals surface area contributed by atoms with Crippen LogP contribution >= 0.6 is 0 Å². The average molecular weight is 374 g/mol. The second kappa shape index (κ2) is 8.82. The molecule has 0 spiro atoms. The van der Waals surface area contributed by atoms with E-state index in [1.165, 1.54) is 0 Å². The zero-order valence-electron chi connectivity index (χ0n) is 16.0. The molecule has 27 heavy (non-hydrogen) atoms. The molecule has 2 aliphatic rings. The minimum Gasteiger partial charge on any atom is -0.379 e. The van der Waals surface area contributed by atoms with E-state index < -0.39 is 5.54 Å². The number of hydrogen-bond acceptors (Lipinski definition) is 5. The predicted octanol–water partition coefficient (Wildman–Crippen LogP) is 1.80. The monoisotopic (exact) mass is 374 g/mol. The van der Waals surface area contributed by atoms with Crippen molar-refractivity contribution in [2.45, 2.75) is 38.1 Å².